The Labute approximate surface area is 100 Å². The Balaban J connectivity index is 2.25. The summed E-state index contributed by atoms with van der Waals surface area (Å²) >= 11 is 4.18. The predicted molar refractivity (Wildman–Crippen MR) is 62.4 cm³/mol. The molecule has 0 fully saturated rings. The van der Waals surface area contributed by atoms with E-state index in [1.807, 2.05) is 13.8 Å². The van der Waals surface area contributed by atoms with Gasteiger partial charge < -0.3 is 4.74 Å². The number of H-pyrrole nitrogens is 1. The zero-order valence-electron chi connectivity index (χ0n) is 9.56. The van der Waals surface area contributed by atoms with Crippen molar-refractivity contribution < 1.29 is 9.53 Å². The first kappa shape index (κ1) is 13.0. The Morgan fingerprint density at radius 3 is 2.94 bits per heavy atom. The average Bonchev–Trinajstić information content (AvgIpc) is 2.65. The molecule has 0 radical (unpaired) electrons. The van der Waals surface area contributed by atoms with Gasteiger partial charge in [0.15, 0.2) is 0 Å². The van der Waals surface area contributed by atoms with Crippen LogP contribution in [0.5, 0.6) is 0 Å². The first-order valence-corrected chi connectivity index (χ1v) is 5.85. The lowest BCUT2D eigenvalue weighted by molar-refractivity contribution is -0.147. The molecule has 1 aromatic heterocycles. The first-order chi connectivity index (χ1) is 7.65. The minimum atomic E-state index is -0.131. The molecule has 90 valence electrons. The van der Waals surface area contributed by atoms with Crippen LogP contribution in [0.25, 0.3) is 0 Å². The number of thiol groups is 1. The standard InChI is InChI=1S/C10H17N3O2S/c1-3-15-10(14)7(2)5-4-6-8-9(16)12-13-11-8/h7H,3-6H2,1-2H3,(H2,11,12,13,16). The summed E-state index contributed by atoms with van der Waals surface area (Å²) in [7, 11) is 0. The molecule has 0 saturated heterocycles. The number of rotatable bonds is 6. The number of esters is 1. The summed E-state index contributed by atoms with van der Waals surface area (Å²) in [5.41, 5.74) is 0.847. The molecule has 1 rings (SSSR count). The van der Waals surface area contributed by atoms with Crippen molar-refractivity contribution in [1.29, 1.82) is 0 Å². The number of nitrogens with zero attached hydrogens (tertiary/aromatic N) is 2. The van der Waals surface area contributed by atoms with Crippen LogP contribution in [0.2, 0.25) is 0 Å². The summed E-state index contributed by atoms with van der Waals surface area (Å²) in [5, 5.41) is 10.9. The normalized spacial score (nSPS) is 12.4. The maximum Gasteiger partial charge on any atom is 0.308 e. The Morgan fingerprint density at radius 1 is 1.62 bits per heavy atom. The predicted octanol–water partition coefficient (Wildman–Crippen LogP) is 1.62. The zero-order valence-corrected chi connectivity index (χ0v) is 10.5. The maximum absolute atomic E-state index is 11.3. The van der Waals surface area contributed by atoms with E-state index in [0.29, 0.717) is 11.6 Å². The molecule has 0 aliphatic heterocycles. The van der Waals surface area contributed by atoms with Crippen LogP contribution in [0, 0.1) is 5.92 Å². The lowest BCUT2D eigenvalue weighted by atomic mass is 10.0. The van der Waals surface area contributed by atoms with Crippen LogP contribution in [0.1, 0.15) is 32.4 Å². The van der Waals surface area contributed by atoms with E-state index in [4.69, 9.17) is 4.74 Å². The van der Waals surface area contributed by atoms with E-state index in [2.05, 4.69) is 28.0 Å². The van der Waals surface area contributed by atoms with Gasteiger partial charge in [-0.25, -0.2) is 0 Å². The zero-order chi connectivity index (χ0) is 12.0. The van der Waals surface area contributed by atoms with Gasteiger partial charge in [-0.05, 0) is 26.2 Å². The summed E-state index contributed by atoms with van der Waals surface area (Å²) in [6.45, 7) is 4.13. The van der Waals surface area contributed by atoms with Crippen LogP contribution in [0.4, 0.5) is 0 Å². The van der Waals surface area contributed by atoms with Gasteiger partial charge in [-0.15, -0.1) is 17.7 Å². The Kier molecular flexibility index (Phi) is 5.31. The number of carbonyl (C=O) groups excluding carboxylic acids is 1. The number of ether oxygens (including phenoxy) is 1. The molecule has 16 heavy (non-hydrogen) atoms. The van der Waals surface area contributed by atoms with E-state index in [9.17, 15) is 4.79 Å². The molecule has 0 aliphatic carbocycles. The Morgan fingerprint density at radius 2 is 2.38 bits per heavy atom. The third-order valence-corrected chi connectivity index (χ3v) is 2.70. The second-order valence-electron chi connectivity index (χ2n) is 3.65. The molecule has 0 aliphatic rings. The van der Waals surface area contributed by atoms with Gasteiger partial charge in [0.2, 0.25) is 0 Å². The van der Waals surface area contributed by atoms with E-state index in [0.717, 1.165) is 25.0 Å². The van der Waals surface area contributed by atoms with Crippen LogP contribution >= 0.6 is 12.6 Å². The van der Waals surface area contributed by atoms with Crippen molar-refractivity contribution in [1.82, 2.24) is 15.4 Å². The van der Waals surface area contributed by atoms with Gasteiger partial charge in [0.1, 0.15) is 5.03 Å². The number of aryl methyl sites for hydroxylation is 1. The summed E-state index contributed by atoms with van der Waals surface area (Å²) in [6.07, 6.45) is 2.44. The molecule has 1 heterocycles. The monoisotopic (exact) mass is 243 g/mol. The van der Waals surface area contributed by atoms with Gasteiger partial charge in [-0.2, -0.15) is 0 Å². The summed E-state index contributed by atoms with van der Waals surface area (Å²) in [6, 6.07) is 0. The van der Waals surface area contributed by atoms with Crippen molar-refractivity contribution in [3.8, 4) is 0 Å². The van der Waals surface area contributed by atoms with Gasteiger partial charge in [0, 0.05) is 0 Å². The first-order valence-electron chi connectivity index (χ1n) is 5.40. The van der Waals surface area contributed by atoms with Crippen molar-refractivity contribution in [3.63, 3.8) is 0 Å². The third-order valence-electron chi connectivity index (χ3n) is 2.34. The highest BCUT2D eigenvalue weighted by Crippen LogP contribution is 2.13. The molecule has 0 bridgehead atoms. The molecule has 1 atom stereocenters. The van der Waals surface area contributed by atoms with Crippen LogP contribution in [0.3, 0.4) is 0 Å². The molecule has 1 N–H and O–H groups in total. The average molecular weight is 243 g/mol. The summed E-state index contributed by atoms with van der Waals surface area (Å²) < 4.78 is 4.93. The summed E-state index contributed by atoms with van der Waals surface area (Å²) in [5.74, 6) is -0.191. The van der Waals surface area contributed by atoms with Gasteiger partial charge in [0.25, 0.3) is 0 Å². The molecule has 0 aromatic carbocycles. The van der Waals surface area contributed by atoms with Gasteiger partial charge >= 0.3 is 5.97 Å². The molecule has 0 spiro atoms. The van der Waals surface area contributed by atoms with Crippen LogP contribution in [0.15, 0.2) is 5.03 Å². The minimum Gasteiger partial charge on any atom is -0.466 e. The fraction of sp³-hybridized carbons (Fsp3) is 0.700. The topological polar surface area (TPSA) is 67.9 Å². The second-order valence-corrected chi connectivity index (χ2v) is 4.10. The Bertz CT molecular complexity index is 341. The fourth-order valence-corrected chi connectivity index (χ4v) is 1.59. The molecular weight excluding hydrogens is 226 g/mol. The van der Waals surface area contributed by atoms with Crippen molar-refractivity contribution in [2.45, 2.75) is 38.1 Å². The van der Waals surface area contributed by atoms with Gasteiger partial charge in [-0.1, -0.05) is 12.1 Å². The number of aromatic amines is 1. The van der Waals surface area contributed by atoms with Crippen molar-refractivity contribution in [3.05, 3.63) is 5.69 Å². The highest BCUT2D eigenvalue weighted by atomic mass is 32.1. The molecule has 6 heteroatoms. The minimum absolute atomic E-state index is 0.0600. The SMILES string of the molecule is CCOC(=O)C(C)CCCc1nn[nH]c1S. The third kappa shape index (κ3) is 3.84. The van der Waals surface area contributed by atoms with Crippen LogP contribution < -0.4 is 0 Å². The second kappa shape index (κ2) is 6.52. The smallest absolute Gasteiger partial charge is 0.308 e. The molecule has 1 aromatic rings. The molecular formula is C10H17N3O2S. The summed E-state index contributed by atoms with van der Waals surface area (Å²) in [4.78, 5) is 11.3. The Hall–Kier alpha value is -1.04. The number of nitrogens with one attached hydrogen (secondary N) is 1. The van der Waals surface area contributed by atoms with Crippen LogP contribution in [-0.2, 0) is 16.0 Å². The number of aromatic nitrogens is 3. The molecule has 0 amide bonds. The molecule has 5 nitrogen and oxygen atoms in total. The van der Waals surface area contributed by atoms with E-state index in [1.54, 1.807) is 0 Å². The fourth-order valence-electron chi connectivity index (χ4n) is 1.39. The maximum atomic E-state index is 11.3. The molecule has 1 unspecified atom stereocenters. The van der Waals surface area contributed by atoms with E-state index in [-0.39, 0.29) is 11.9 Å². The molecule has 0 saturated carbocycles. The largest absolute Gasteiger partial charge is 0.466 e. The lowest BCUT2D eigenvalue weighted by Crippen LogP contribution is -2.14. The number of hydrogen-bond donors (Lipinski definition) is 2. The van der Waals surface area contributed by atoms with E-state index < -0.39 is 0 Å². The van der Waals surface area contributed by atoms with Gasteiger partial charge in [-0.3, -0.25) is 9.89 Å². The van der Waals surface area contributed by atoms with Gasteiger partial charge in [0.05, 0.1) is 18.2 Å². The van der Waals surface area contributed by atoms with E-state index >= 15 is 0 Å². The number of hydrogen-bond acceptors (Lipinski definition) is 5. The number of carbonyl (C=O) groups is 1. The quantitative estimate of drug-likeness (QED) is 0.588. The van der Waals surface area contributed by atoms with E-state index in [1.165, 1.54) is 0 Å². The van der Waals surface area contributed by atoms with Crippen molar-refractivity contribution in [2.24, 2.45) is 5.92 Å². The lowest BCUT2D eigenvalue weighted by Gasteiger charge is -2.09. The van der Waals surface area contributed by atoms with Crippen LogP contribution in [-0.4, -0.2) is 28.0 Å². The van der Waals surface area contributed by atoms with Crippen molar-refractivity contribution in [2.75, 3.05) is 6.61 Å². The highest BCUT2D eigenvalue weighted by Gasteiger charge is 2.14. The van der Waals surface area contributed by atoms with Crippen molar-refractivity contribution >= 4 is 18.6 Å². The highest BCUT2D eigenvalue weighted by molar-refractivity contribution is 7.80.